The van der Waals surface area contributed by atoms with Crippen molar-refractivity contribution in [3.63, 3.8) is 0 Å². The van der Waals surface area contributed by atoms with E-state index in [0.717, 1.165) is 24.2 Å². The summed E-state index contributed by atoms with van der Waals surface area (Å²) in [5, 5.41) is 3.08. The summed E-state index contributed by atoms with van der Waals surface area (Å²) in [7, 11) is 3.43. The molecule has 2 aromatic rings. The molecule has 1 aromatic carbocycles. The number of nitrogens with zero attached hydrogens (tertiary/aromatic N) is 2. The monoisotopic (exact) mass is 437 g/mol. The standard InChI is InChI=1S/C20H28BrN3O3/c1-7-13(8-2)27-20-19(22-5)23-17(18(21)24-20)15-10-9-14(26-12(3)4)11-16(15)25-6/h9-13H,7-8H2,1-6H3,(H,22,23). The van der Waals surface area contributed by atoms with Gasteiger partial charge in [0.15, 0.2) is 5.82 Å². The van der Waals surface area contributed by atoms with Gasteiger partial charge in [0.25, 0.3) is 5.88 Å². The first kappa shape index (κ1) is 21.3. The highest BCUT2D eigenvalue weighted by molar-refractivity contribution is 9.10. The smallest absolute Gasteiger partial charge is 0.258 e. The Kier molecular flexibility index (Phi) is 7.71. The molecule has 0 amide bonds. The molecule has 0 unspecified atom stereocenters. The highest BCUT2D eigenvalue weighted by atomic mass is 79.9. The number of anilines is 1. The number of nitrogens with one attached hydrogen (secondary N) is 1. The summed E-state index contributed by atoms with van der Waals surface area (Å²) in [4.78, 5) is 9.30. The lowest BCUT2D eigenvalue weighted by Gasteiger charge is -2.19. The second-order valence-corrected chi connectivity index (χ2v) is 7.10. The molecular formula is C20H28BrN3O3. The lowest BCUT2D eigenvalue weighted by atomic mass is 10.1. The van der Waals surface area contributed by atoms with E-state index in [0.29, 0.717) is 27.7 Å². The van der Waals surface area contributed by atoms with Crippen molar-refractivity contribution >= 4 is 21.7 Å². The molecule has 7 heteroatoms. The van der Waals surface area contributed by atoms with Crippen molar-refractivity contribution < 1.29 is 14.2 Å². The molecule has 2 rings (SSSR count). The summed E-state index contributed by atoms with van der Waals surface area (Å²) in [6.07, 6.45) is 2.01. The van der Waals surface area contributed by atoms with Crippen molar-refractivity contribution in [1.29, 1.82) is 0 Å². The summed E-state index contributed by atoms with van der Waals surface area (Å²) in [5.41, 5.74) is 1.49. The van der Waals surface area contributed by atoms with Crippen LogP contribution in [0.3, 0.4) is 0 Å². The summed E-state index contributed by atoms with van der Waals surface area (Å²) in [6, 6.07) is 5.68. The molecule has 0 aliphatic rings. The van der Waals surface area contributed by atoms with E-state index in [2.05, 4.69) is 40.1 Å². The molecule has 0 atom stereocenters. The van der Waals surface area contributed by atoms with E-state index in [1.807, 2.05) is 32.0 Å². The fourth-order valence-electron chi connectivity index (χ4n) is 2.64. The molecule has 0 radical (unpaired) electrons. The number of halogens is 1. The molecule has 148 valence electrons. The zero-order chi connectivity index (χ0) is 20.0. The molecule has 1 N–H and O–H groups in total. The Bertz CT molecular complexity index is 764. The Hall–Kier alpha value is -2.02. The van der Waals surface area contributed by atoms with Crippen molar-refractivity contribution in [1.82, 2.24) is 9.97 Å². The highest BCUT2D eigenvalue weighted by Crippen LogP contribution is 2.38. The number of ether oxygens (including phenoxy) is 3. The van der Waals surface area contributed by atoms with Crippen LogP contribution in [-0.4, -0.2) is 36.3 Å². The SMILES string of the molecule is CCC(CC)Oc1nc(Br)c(-c2ccc(OC(C)C)cc2OC)nc1NC. The van der Waals surface area contributed by atoms with Crippen LogP contribution in [0.5, 0.6) is 17.4 Å². The summed E-state index contributed by atoms with van der Waals surface area (Å²) in [5.74, 6) is 2.49. The van der Waals surface area contributed by atoms with Gasteiger partial charge in [-0.2, -0.15) is 0 Å². The van der Waals surface area contributed by atoms with Crippen LogP contribution in [0.15, 0.2) is 22.8 Å². The molecule has 6 nitrogen and oxygen atoms in total. The van der Waals surface area contributed by atoms with E-state index in [4.69, 9.17) is 19.2 Å². The van der Waals surface area contributed by atoms with Crippen molar-refractivity contribution in [3.05, 3.63) is 22.8 Å². The molecule has 1 aromatic heterocycles. The van der Waals surface area contributed by atoms with Crippen LogP contribution in [0.4, 0.5) is 5.82 Å². The van der Waals surface area contributed by atoms with Gasteiger partial charge in [-0.05, 0) is 54.8 Å². The Balaban J connectivity index is 2.46. The number of hydrogen-bond acceptors (Lipinski definition) is 6. The summed E-state index contributed by atoms with van der Waals surface area (Å²) < 4.78 is 17.9. The molecule has 0 spiro atoms. The van der Waals surface area contributed by atoms with Crippen molar-refractivity contribution in [2.45, 2.75) is 52.7 Å². The average molecular weight is 438 g/mol. The lowest BCUT2D eigenvalue weighted by molar-refractivity contribution is 0.185. The second-order valence-electron chi connectivity index (χ2n) is 6.35. The van der Waals surface area contributed by atoms with Gasteiger partial charge >= 0.3 is 0 Å². The Morgan fingerprint density at radius 1 is 1.11 bits per heavy atom. The van der Waals surface area contributed by atoms with Crippen molar-refractivity contribution in [2.75, 3.05) is 19.5 Å². The topological polar surface area (TPSA) is 65.5 Å². The molecule has 0 saturated carbocycles. The minimum Gasteiger partial charge on any atom is -0.496 e. The third kappa shape index (κ3) is 5.25. The summed E-state index contributed by atoms with van der Waals surface area (Å²) in [6.45, 7) is 8.16. The van der Waals surface area contributed by atoms with E-state index in [1.165, 1.54) is 0 Å². The van der Waals surface area contributed by atoms with Gasteiger partial charge < -0.3 is 19.5 Å². The molecular weight excluding hydrogens is 410 g/mol. The van der Waals surface area contributed by atoms with Gasteiger partial charge in [-0.25, -0.2) is 9.97 Å². The van der Waals surface area contributed by atoms with Crippen LogP contribution in [0.2, 0.25) is 0 Å². The molecule has 0 saturated heterocycles. The van der Waals surface area contributed by atoms with E-state index < -0.39 is 0 Å². The lowest BCUT2D eigenvalue weighted by Crippen LogP contribution is -2.16. The largest absolute Gasteiger partial charge is 0.496 e. The van der Waals surface area contributed by atoms with Crippen LogP contribution in [0.25, 0.3) is 11.3 Å². The average Bonchev–Trinajstić information content (AvgIpc) is 2.65. The van der Waals surface area contributed by atoms with Crippen LogP contribution < -0.4 is 19.5 Å². The first-order valence-corrected chi connectivity index (χ1v) is 9.99. The van der Waals surface area contributed by atoms with Crippen molar-refractivity contribution in [3.8, 4) is 28.6 Å². The molecule has 0 bridgehead atoms. The normalized spacial score (nSPS) is 11.0. The fourth-order valence-corrected chi connectivity index (χ4v) is 3.11. The minimum absolute atomic E-state index is 0.0875. The highest BCUT2D eigenvalue weighted by Gasteiger charge is 2.19. The quantitative estimate of drug-likeness (QED) is 0.573. The Labute approximate surface area is 169 Å². The van der Waals surface area contributed by atoms with Crippen molar-refractivity contribution in [2.24, 2.45) is 0 Å². The predicted octanol–water partition coefficient (Wildman–Crippen LogP) is 5.31. The zero-order valence-corrected chi connectivity index (χ0v) is 18.4. The molecule has 0 aliphatic carbocycles. The molecule has 27 heavy (non-hydrogen) atoms. The Morgan fingerprint density at radius 2 is 1.81 bits per heavy atom. The van der Waals surface area contributed by atoms with Gasteiger partial charge in [-0.3, -0.25) is 0 Å². The van der Waals surface area contributed by atoms with Gasteiger partial charge in [0.2, 0.25) is 0 Å². The maximum Gasteiger partial charge on any atom is 0.258 e. The van der Waals surface area contributed by atoms with Gasteiger partial charge in [-0.15, -0.1) is 0 Å². The molecule has 1 heterocycles. The number of aromatic nitrogens is 2. The zero-order valence-electron chi connectivity index (χ0n) is 16.8. The van der Waals surface area contributed by atoms with E-state index in [9.17, 15) is 0 Å². The number of rotatable bonds is 9. The van der Waals surface area contributed by atoms with Gasteiger partial charge in [0, 0.05) is 18.7 Å². The van der Waals surface area contributed by atoms with Gasteiger partial charge in [0.05, 0.1) is 13.2 Å². The third-order valence-electron chi connectivity index (χ3n) is 4.05. The van der Waals surface area contributed by atoms with E-state index in [1.54, 1.807) is 14.2 Å². The number of methoxy groups -OCH3 is 1. The molecule has 0 fully saturated rings. The minimum atomic E-state index is 0.0875. The van der Waals surface area contributed by atoms with Crippen LogP contribution in [0, 0.1) is 0 Å². The maximum absolute atomic E-state index is 6.01. The second kappa shape index (κ2) is 9.78. The Morgan fingerprint density at radius 3 is 2.37 bits per heavy atom. The van der Waals surface area contributed by atoms with Crippen LogP contribution in [0.1, 0.15) is 40.5 Å². The fraction of sp³-hybridized carbons (Fsp3) is 0.500. The number of benzene rings is 1. The summed E-state index contributed by atoms with van der Waals surface area (Å²) >= 11 is 3.53. The van der Waals surface area contributed by atoms with Crippen LogP contribution >= 0.6 is 15.9 Å². The first-order chi connectivity index (χ1) is 12.9. The van der Waals surface area contributed by atoms with E-state index in [-0.39, 0.29) is 12.2 Å². The number of hydrogen-bond donors (Lipinski definition) is 1. The van der Waals surface area contributed by atoms with Gasteiger partial charge in [0.1, 0.15) is 27.9 Å². The predicted molar refractivity (Wildman–Crippen MR) is 112 cm³/mol. The van der Waals surface area contributed by atoms with E-state index >= 15 is 0 Å². The van der Waals surface area contributed by atoms with Crippen LogP contribution in [-0.2, 0) is 0 Å². The molecule has 0 aliphatic heterocycles. The third-order valence-corrected chi connectivity index (χ3v) is 4.60. The maximum atomic E-state index is 6.01. The first-order valence-electron chi connectivity index (χ1n) is 9.20. The van der Waals surface area contributed by atoms with Gasteiger partial charge in [-0.1, -0.05) is 13.8 Å².